The van der Waals surface area contributed by atoms with E-state index in [-0.39, 0.29) is 11.4 Å². The minimum Gasteiger partial charge on any atom is -0.318 e. The zero-order valence-corrected chi connectivity index (χ0v) is 15.2. The van der Waals surface area contributed by atoms with Crippen LogP contribution in [0.4, 0.5) is 17.1 Å². The van der Waals surface area contributed by atoms with Crippen LogP contribution in [0.1, 0.15) is 17.0 Å². The first-order valence-corrected chi connectivity index (χ1v) is 8.34. The Morgan fingerprint density at radius 1 is 0.929 bits per heavy atom. The molecule has 0 fully saturated rings. The van der Waals surface area contributed by atoms with Crippen LogP contribution in [0.15, 0.2) is 59.7 Å². The number of nitrogens with zero attached hydrogens (tertiary/aromatic N) is 4. The number of hydrogen-bond donors (Lipinski definition) is 1. The number of nitro benzene ring substituents is 2. The largest absolute Gasteiger partial charge is 0.318 e. The molecule has 0 unspecified atom stereocenters. The Bertz CT molecular complexity index is 1050. The third-order valence-electron chi connectivity index (χ3n) is 4.26. The molecular formula is C19H17N5O4. The first kappa shape index (κ1) is 18.8. The lowest BCUT2D eigenvalue weighted by molar-refractivity contribution is -0.385. The normalized spacial score (nSPS) is 10.9. The molecule has 9 nitrogen and oxygen atoms in total. The third-order valence-corrected chi connectivity index (χ3v) is 4.26. The first-order valence-electron chi connectivity index (χ1n) is 8.34. The van der Waals surface area contributed by atoms with Crippen LogP contribution in [-0.2, 0) is 0 Å². The summed E-state index contributed by atoms with van der Waals surface area (Å²) in [6, 6.07) is 14.3. The Labute approximate surface area is 160 Å². The van der Waals surface area contributed by atoms with E-state index in [1.165, 1.54) is 24.3 Å². The van der Waals surface area contributed by atoms with Crippen LogP contribution in [0.5, 0.6) is 0 Å². The molecule has 9 heteroatoms. The fourth-order valence-corrected chi connectivity index (χ4v) is 2.87. The first-order chi connectivity index (χ1) is 13.4. The van der Waals surface area contributed by atoms with Gasteiger partial charge in [0.15, 0.2) is 0 Å². The maximum Gasteiger partial charge on any atom is 0.269 e. The second-order valence-corrected chi connectivity index (χ2v) is 6.11. The molecule has 0 bridgehead atoms. The molecule has 0 aliphatic carbocycles. The number of hydrogen-bond acceptors (Lipinski definition) is 6. The molecule has 28 heavy (non-hydrogen) atoms. The van der Waals surface area contributed by atoms with Gasteiger partial charge in [0.1, 0.15) is 0 Å². The van der Waals surface area contributed by atoms with Crippen molar-refractivity contribution in [2.75, 3.05) is 5.43 Å². The second kappa shape index (κ2) is 7.70. The highest BCUT2D eigenvalue weighted by Crippen LogP contribution is 2.22. The molecule has 0 atom stereocenters. The highest BCUT2D eigenvalue weighted by Gasteiger charge is 2.11. The monoisotopic (exact) mass is 379 g/mol. The van der Waals surface area contributed by atoms with Gasteiger partial charge in [0.2, 0.25) is 0 Å². The molecule has 0 radical (unpaired) electrons. The molecule has 0 saturated carbocycles. The van der Waals surface area contributed by atoms with E-state index in [2.05, 4.69) is 10.5 Å². The Morgan fingerprint density at radius 2 is 1.46 bits per heavy atom. The smallest absolute Gasteiger partial charge is 0.269 e. The van der Waals surface area contributed by atoms with Crippen molar-refractivity contribution in [3.63, 3.8) is 0 Å². The van der Waals surface area contributed by atoms with E-state index in [0.717, 1.165) is 22.6 Å². The van der Waals surface area contributed by atoms with Gasteiger partial charge in [0.25, 0.3) is 11.4 Å². The number of aryl methyl sites for hydroxylation is 1. The lowest BCUT2D eigenvalue weighted by Gasteiger charge is -2.09. The second-order valence-electron chi connectivity index (χ2n) is 6.11. The summed E-state index contributed by atoms with van der Waals surface area (Å²) in [5.74, 6) is 0. The fraction of sp³-hybridized carbons (Fsp3) is 0.105. The molecule has 1 N–H and O–H groups in total. The topological polar surface area (TPSA) is 116 Å². The molecule has 0 aliphatic heterocycles. The highest BCUT2D eigenvalue weighted by molar-refractivity contribution is 5.82. The van der Waals surface area contributed by atoms with Crippen LogP contribution < -0.4 is 5.43 Å². The average Bonchev–Trinajstić information content (AvgIpc) is 2.95. The number of nitrogens with one attached hydrogen (secondary N) is 1. The van der Waals surface area contributed by atoms with E-state index in [9.17, 15) is 20.2 Å². The Balaban J connectivity index is 1.78. The van der Waals surface area contributed by atoms with Gasteiger partial charge in [-0.05, 0) is 44.2 Å². The summed E-state index contributed by atoms with van der Waals surface area (Å²) in [4.78, 5) is 20.6. The summed E-state index contributed by atoms with van der Waals surface area (Å²) in [6.07, 6.45) is 1.66. The maximum absolute atomic E-state index is 10.8. The van der Waals surface area contributed by atoms with E-state index < -0.39 is 9.85 Å². The van der Waals surface area contributed by atoms with Crippen LogP contribution in [0, 0.1) is 34.1 Å². The number of rotatable bonds is 6. The third kappa shape index (κ3) is 3.88. The van der Waals surface area contributed by atoms with Crippen molar-refractivity contribution in [1.29, 1.82) is 0 Å². The molecule has 0 spiro atoms. The summed E-state index contributed by atoms with van der Waals surface area (Å²) >= 11 is 0. The predicted octanol–water partition coefficient (Wildman–Crippen LogP) is 4.36. The van der Waals surface area contributed by atoms with Gasteiger partial charge in [-0.2, -0.15) is 5.10 Å². The lowest BCUT2D eigenvalue weighted by atomic mass is 10.2. The summed E-state index contributed by atoms with van der Waals surface area (Å²) in [5.41, 5.74) is 7.12. The van der Waals surface area contributed by atoms with Crippen molar-refractivity contribution < 1.29 is 9.85 Å². The number of non-ortho nitro benzene ring substituents is 2. The molecule has 3 rings (SSSR count). The van der Waals surface area contributed by atoms with Crippen molar-refractivity contribution in [3.05, 3.63) is 91.8 Å². The molecule has 1 aromatic heterocycles. The molecule has 1 heterocycles. The van der Waals surface area contributed by atoms with Gasteiger partial charge in [-0.1, -0.05) is 0 Å². The van der Waals surface area contributed by atoms with E-state index >= 15 is 0 Å². The van der Waals surface area contributed by atoms with E-state index in [0.29, 0.717) is 5.69 Å². The van der Waals surface area contributed by atoms with Crippen molar-refractivity contribution in [2.45, 2.75) is 13.8 Å². The summed E-state index contributed by atoms with van der Waals surface area (Å²) in [7, 11) is 0. The minimum atomic E-state index is -0.458. The SMILES string of the molecule is Cc1cc(C=NNc2ccc([N+](=O)[O-])cc2)c(C)n1-c1ccc([N+](=O)[O-])cc1. The number of nitro groups is 2. The molecule has 0 amide bonds. The van der Waals surface area contributed by atoms with Gasteiger partial charge in [-0.15, -0.1) is 0 Å². The molecule has 0 saturated heterocycles. The summed E-state index contributed by atoms with van der Waals surface area (Å²) < 4.78 is 1.98. The number of anilines is 1. The predicted molar refractivity (Wildman–Crippen MR) is 106 cm³/mol. The van der Waals surface area contributed by atoms with E-state index in [4.69, 9.17) is 0 Å². The van der Waals surface area contributed by atoms with Crippen molar-refractivity contribution >= 4 is 23.3 Å². The maximum atomic E-state index is 10.8. The number of aromatic nitrogens is 1. The number of hydrazone groups is 1. The Kier molecular flexibility index (Phi) is 5.16. The van der Waals surface area contributed by atoms with Crippen molar-refractivity contribution in [1.82, 2.24) is 4.57 Å². The highest BCUT2D eigenvalue weighted by atomic mass is 16.6. The number of benzene rings is 2. The van der Waals surface area contributed by atoms with Crippen molar-refractivity contribution in [2.24, 2.45) is 5.10 Å². The fourth-order valence-electron chi connectivity index (χ4n) is 2.87. The standard InChI is InChI=1S/C19H17N5O4/c1-13-11-15(12-20-21-16-3-5-18(6-4-16)23(25)26)14(2)22(13)17-7-9-19(10-8-17)24(27)28/h3-12,21H,1-2H3. The minimum absolute atomic E-state index is 0.0150. The molecular weight excluding hydrogens is 362 g/mol. The zero-order valence-electron chi connectivity index (χ0n) is 15.2. The van der Waals surface area contributed by atoms with Gasteiger partial charge in [-0.25, -0.2) is 0 Å². The zero-order chi connectivity index (χ0) is 20.3. The van der Waals surface area contributed by atoms with E-state index in [1.807, 2.05) is 24.5 Å². The molecule has 142 valence electrons. The van der Waals surface area contributed by atoms with Crippen LogP contribution in [0.25, 0.3) is 5.69 Å². The lowest BCUT2D eigenvalue weighted by Crippen LogP contribution is -2.00. The molecule has 2 aromatic carbocycles. The van der Waals surface area contributed by atoms with Gasteiger partial charge < -0.3 is 4.57 Å². The van der Waals surface area contributed by atoms with Crippen LogP contribution in [0.2, 0.25) is 0 Å². The molecule has 3 aromatic rings. The summed E-state index contributed by atoms with van der Waals surface area (Å²) in [5, 5.41) is 25.7. The Hall–Kier alpha value is -4.01. The van der Waals surface area contributed by atoms with E-state index in [1.54, 1.807) is 30.5 Å². The van der Waals surface area contributed by atoms with Crippen molar-refractivity contribution in [3.8, 4) is 5.69 Å². The van der Waals surface area contributed by atoms with Gasteiger partial charge in [-0.3, -0.25) is 25.7 Å². The quantitative estimate of drug-likeness (QED) is 0.388. The summed E-state index contributed by atoms with van der Waals surface area (Å²) in [6.45, 7) is 3.87. The van der Waals surface area contributed by atoms with Gasteiger partial charge >= 0.3 is 0 Å². The van der Waals surface area contributed by atoms with Gasteiger partial charge in [0, 0.05) is 46.9 Å². The van der Waals surface area contributed by atoms with Crippen LogP contribution >= 0.6 is 0 Å². The van der Waals surface area contributed by atoms with Crippen LogP contribution in [0.3, 0.4) is 0 Å². The Morgan fingerprint density at radius 3 is 2.00 bits per heavy atom. The van der Waals surface area contributed by atoms with Crippen LogP contribution in [-0.4, -0.2) is 20.6 Å². The van der Waals surface area contributed by atoms with Gasteiger partial charge in [0.05, 0.1) is 21.7 Å². The average molecular weight is 379 g/mol. The molecule has 0 aliphatic rings.